The van der Waals surface area contributed by atoms with Gasteiger partial charge in [-0.15, -0.1) is 0 Å². The van der Waals surface area contributed by atoms with Crippen LogP contribution in [0.25, 0.3) is 11.1 Å². The number of rotatable bonds is 4. The van der Waals surface area contributed by atoms with Crippen molar-refractivity contribution in [3.63, 3.8) is 0 Å². The van der Waals surface area contributed by atoms with Crippen molar-refractivity contribution in [2.24, 2.45) is 10.7 Å². The molecule has 5 nitrogen and oxygen atoms in total. The van der Waals surface area contributed by atoms with Crippen molar-refractivity contribution in [2.45, 2.75) is 5.54 Å². The molecule has 8 heteroatoms. The third-order valence-corrected chi connectivity index (χ3v) is 5.32. The van der Waals surface area contributed by atoms with Crippen LogP contribution in [-0.4, -0.2) is 24.7 Å². The van der Waals surface area contributed by atoms with Crippen molar-refractivity contribution in [3.8, 4) is 16.9 Å². The summed E-state index contributed by atoms with van der Waals surface area (Å²) < 4.78 is 25.4. The van der Waals surface area contributed by atoms with Crippen LogP contribution < -0.4 is 10.5 Å². The van der Waals surface area contributed by atoms with Gasteiger partial charge < -0.3 is 15.2 Å². The van der Waals surface area contributed by atoms with Crippen LogP contribution in [0.3, 0.4) is 0 Å². The highest BCUT2D eigenvalue weighted by molar-refractivity contribution is 6.32. The zero-order chi connectivity index (χ0) is 20.6. The zero-order valence-electron chi connectivity index (χ0n) is 15.3. The van der Waals surface area contributed by atoms with Crippen molar-refractivity contribution < 1.29 is 13.9 Å². The van der Waals surface area contributed by atoms with Gasteiger partial charge in [0.15, 0.2) is 5.54 Å². The van der Waals surface area contributed by atoms with Crippen LogP contribution in [0.4, 0.5) is 4.39 Å². The monoisotopic (exact) mass is 431 g/mol. The van der Waals surface area contributed by atoms with Crippen LogP contribution in [0.15, 0.2) is 59.9 Å². The van der Waals surface area contributed by atoms with Crippen molar-refractivity contribution >= 4 is 29.2 Å². The maximum atomic E-state index is 14.6. The Morgan fingerprint density at radius 1 is 1.10 bits per heavy atom. The minimum atomic E-state index is -0.978. The summed E-state index contributed by atoms with van der Waals surface area (Å²) in [6.07, 6.45) is 3.04. The Labute approximate surface area is 176 Å². The van der Waals surface area contributed by atoms with Gasteiger partial charge in [0.05, 0.1) is 17.2 Å². The molecular weight excluding hydrogens is 416 g/mol. The van der Waals surface area contributed by atoms with Crippen LogP contribution in [0.1, 0.15) is 11.1 Å². The van der Waals surface area contributed by atoms with Gasteiger partial charge >= 0.3 is 0 Å². The average Bonchev–Trinajstić information content (AvgIpc) is 3.11. The Hall–Kier alpha value is -2.83. The van der Waals surface area contributed by atoms with Crippen molar-refractivity contribution in [3.05, 3.63) is 81.8 Å². The number of hydrogen-bond donors (Lipinski definition) is 1. The number of pyridine rings is 1. The molecule has 1 atom stereocenters. The summed E-state index contributed by atoms with van der Waals surface area (Å²) in [4.78, 5) is 8.59. The third kappa shape index (κ3) is 3.50. The normalized spacial score (nSPS) is 18.3. The predicted octanol–water partition coefficient (Wildman–Crippen LogP) is 4.79. The first-order valence-corrected chi connectivity index (χ1v) is 9.41. The second kappa shape index (κ2) is 7.54. The fourth-order valence-electron chi connectivity index (χ4n) is 3.38. The molecule has 0 fully saturated rings. The number of hydrogen-bond acceptors (Lipinski definition) is 5. The molecule has 3 aromatic rings. The van der Waals surface area contributed by atoms with E-state index in [0.717, 1.165) is 5.56 Å². The number of nitrogens with two attached hydrogens (primary N) is 1. The molecule has 1 aliphatic heterocycles. The van der Waals surface area contributed by atoms with Gasteiger partial charge in [0.25, 0.3) is 6.02 Å². The maximum Gasteiger partial charge on any atom is 0.283 e. The van der Waals surface area contributed by atoms with Crippen LogP contribution in [0, 0.1) is 5.82 Å². The van der Waals surface area contributed by atoms with Gasteiger partial charge in [-0.2, -0.15) is 0 Å². The molecule has 0 spiro atoms. The highest BCUT2D eigenvalue weighted by Gasteiger charge is 2.41. The number of aromatic nitrogens is 1. The first-order valence-electron chi connectivity index (χ1n) is 8.66. The Kier molecular flexibility index (Phi) is 5.06. The Bertz CT molecular complexity index is 1120. The summed E-state index contributed by atoms with van der Waals surface area (Å²) in [6.45, 7) is 0.153. The molecule has 0 amide bonds. The van der Waals surface area contributed by atoms with Gasteiger partial charge in [-0.25, -0.2) is 9.38 Å². The van der Waals surface area contributed by atoms with Crippen LogP contribution in [0.2, 0.25) is 10.0 Å². The lowest BCUT2D eigenvalue weighted by molar-refractivity contribution is 0.278. The van der Waals surface area contributed by atoms with Crippen LogP contribution in [-0.2, 0) is 10.3 Å². The van der Waals surface area contributed by atoms with Crippen molar-refractivity contribution in [1.82, 2.24) is 4.98 Å². The standard InChI is InChI=1S/C21H16Cl2FN3O2/c1-28-19-5-3-14(8-17(19)23)21(11-29-20(25)27-21)13-2-4-18(24)16(7-13)12-6-15(22)10-26-9-12/h2-10H,11H2,1H3,(H2,25,27)/t21-/m0/s1. The summed E-state index contributed by atoms with van der Waals surface area (Å²) in [5, 5.41) is 0.835. The molecule has 0 saturated heterocycles. The number of nitrogens with zero attached hydrogens (tertiary/aromatic N) is 2. The molecule has 1 aromatic heterocycles. The Balaban J connectivity index is 1.90. The van der Waals surface area contributed by atoms with Crippen molar-refractivity contribution in [1.29, 1.82) is 0 Å². The molecule has 148 valence electrons. The molecule has 4 rings (SSSR count). The molecule has 0 bridgehead atoms. The van der Waals surface area contributed by atoms with Gasteiger partial charge in [-0.3, -0.25) is 4.98 Å². The van der Waals surface area contributed by atoms with E-state index in [9.17, 15) is 4.39 Å². The number of amidine groups is 1. The molecule has 1 aliphatic rings. The van der Waals surface area contributed by atoms with E-state index < -0.39 is 11.4 Å². The van der Waals surface area contributed by atoms with E-state index in [4.69, 9.17) is 38.4 Å². The Morgan fingerprint density at radius 3 is 2.52 bits per heavy atom. The summed E-state index contributed by atoms with van der Waals surface area (Å²) >= 11 is 12.4. The highest BCUT2D eigenvalue weighted by Crippen LogP contribution is 2.41. The Morgan fingerprint density at radius 2 is 1.86 bits per heavy atom. The lowest BCUT2D eigenvalue weighted by Gasteiger charge is -2.26. The van der Waals surface area contributed by atoms with Crippen LogP contribution >= 0.6 is 23.2 Å². The molecule has 2 N–H and O–H groups in total. The first kappa shape index (κ1) is 19.5. The molecule has 0 saturated carbocycles. The largest absolute Gasteiger partial charge is 0.495 e. The summed E-state index contributed by atoms with van der Waals surface area (Å²) in [5.74, 6) is 0.128. The molecule has 2 aromatic carbocycles. The first-order chi connectivity index (χ1) is 13.9. The van der Waals surface area contributed by atoms with E-state index >= 15 is 0 Å². The average molecular weight is 432 g/mol. The topological polar surface area (TPSA) is 69.7 Å². The minimum Gasteiger partial charge on any atom is -0.495 e. The smallest absolute Gasteiger partial charge is 0.283 e. The molecule has 2 heterocycles. The number of ether oxygens (including phenoxy) is 2. The van der Waals surface area contributed by atoms with Gasteiger partial charge in [0, 0.05) is 23.5 Å². The fourth-order valence-corrected chi connectivity index (χ4v) is 3.81. The lowest BCUT2D eigenvalue weighted by atomic mass is 9.83. The second-order valence-electron chi connectivity index (χ2n) is 6.53. The zero-order valence-corrected chi connectivity index (χ0v) is 16.8. The SMILES string of the molecule is COc1ccc([C@@]2(c3ccc(F)c(-c4cncc(Cl)c4)c3)COC(N)=N2)cc1Cl. The number of methoxy groups -OCH3 is 1. The molecular formula is C21H16Cl2FN3O2. The quantitative estimate of drug-likeness (QED) is 0.644. The minimum absolute atomic E-state index is 0.0484. The summed E-state index contributed by atoms with van der Waals surface area (Å²) in [5.41, 5.74) is 7.20. The van der Waals surface area contributed by atoms with E-state index in [1.807, 2.05) is 6.07 Å². The molecule has 29 heavy (non-hydrogen) atoms. The van der Waals surface area contributed by atoms with Crippen molar-refractivity contribution in [2.75, 3.05) is 13.7 Å². The lowest BCUT2D eigenvalue weighted by Crippen LogP contribution is -2.27. The number of aliphatic imine (C=N–C) groups is 1. The predicted molar refractivity (Wildman–Crippen MR) is 111 cm³/mol. The van der Waals surface area contributed by atoms with Gasteiger partial charge in [-0.1, -0.05) is 35.3 Å². The highest BCUT2D eigenvalue weighted by atomic mass is 35.5. The van der Waals surface area contributed by atoms with Gasteiger partial charge in [-0.05, 0) is 41.5 Å². The second-order valence-corrected chi connectivity index (χ2v) is 7.38. The fraction of sp³-hybridized carbons (Fsp3) is 0.143. The summed E-state index contributed by atoms with van der Waals surface area (Å²) in [6, 6.07) is 11.8. The molecule has 0 radical (unpaired) electrons. The van der Waals surface area contributed by atoms with E-state index in [-0.39, 0.29) is 12.6 Å². The van der Waals surface area contributed by atoms with Gasteiger partial charge in [0.1, 0.15) is 18.2 Å². The van der Waals surface area contributed by atoms with E-state index in [1.54, 1.807) is 36.5 Å². The summed E-state index contributed by atoms with van der Waals surface area (Å²) in [7, 11) is 1.54. The third-order valence-electron chi connectivity index (χ3n) is 4.82. The number of benzene rings is 2. The molecule has 0 unspecified atom stereocenters. The van der Waals surface area contributed by atoms with E-state index in [1.165, 1.54) is 19.4 Å². The van der Waals surface area contributed by atoms with E-state index in [0.29, 0.717) is 32.5 Å². The van der Waals surface area contributed by atoms with Gasteiger partial charge in [0.2, 0.25) is 0 Å². The van der Waals surface area contributed by atoms with E-state index in [2.05, 4.69) is 9.98 Å². The maximum absolute atomic E-state index is 14.6. The van der Waals surface area contributed by atoms with Crippen LogP contribution in [0.5, 0.6) is 5.75 Å². The number of halogens is 3. The molecule has 0 aliphatic carbocycles.